The van der Waals surface area contributed by atoms with Crippen molar-refractivity contribution in [3.05, 3.63) is 0 Å². The number of carbonyl (C=O) groups excluding carboxylic acids is 4. The topological polar surface area (TPSA) is 78.0 Å². The second-order valence-electron chi connectivity index (χ2n) is 11.8. The first kappa shape index (κ1) is 28.1. The van der Waals surface area contributed by atoms with Crippen molar-refractivity contribution in [1.29, 1.82) is 0 Å². The summed E-state index contributed by atoms with van der Waals surface area (Å²) >= 11 is 0. The van der Waals surface area contributed by atoms with Gasteiger partial charge in [0, 0.05) is 55.4 Å². The fourth-order valence-electron chi connectivity index (χ4n) is 4.20. The predicted molar refractivity (Wildman–Crippen MR) is 127 cm³/mol. The third-order valence-electron chi connectivity index (χ3n) is 5.74. The molecule has 32 heavy (non-hydrogen) atoms. The second kappa shape index (κ2) is 10.8. The molecule has 184 valence electrons. The first-order chi connectivity index (χ1) is 14.5. The van der Waals surface area contributed by atoms with Gasteiger partial charge in [0.1, 0.15) is 0 Å². The number of piperidine rings is 1. The lowest BCUT2D eigenvalue weighted by molar-refractivity contribution is -0.144. The van der Waals surface area contributed by atoms with Crippen molar-refractivity contribution in [2.24, 2.45) is 0 Å². The van der Waals surface area contributed by atoms with Gasteiger partial charge in [-0.2, -0.15) is 0 Å². The summed E-state index contributed by atoms with van der Waals surface area (Å²) < 4.78 is 0. The van der Waals surface area contributed by atoms with E-state index in [9.17, 15) is 19.2 Å². The summed E-state index contributed by atoms with van der Waals surface area (Å²) in [5.41, 5.74) is -0.282. The average Bonchev–Trinajstić information content (AvgIpc) is 3.20. The van der Waals surface area contributed by atoms with Crippen LogP contribution in [-0.2, 0) is 19.2 Å². The number of carbonyl (C=O) groups is 4. The predicted octanol–water partition coefficient (Wildman–Crippen LogP) is 4.14. The van der Waals surface area contributed by atoms with E-state index in [0.29, 0.717) is 24.7 Å². The van der Waals surface area contributed by atoms with E-state index in [1.54, 1.807) is 0 Å². The van der Waals surface area contributed by atoms with Crippen LogP contribution < -0.4 is 0 Å². The number of nitrogens with zero attached hydrogens (tertiary/aromatic N) is 3. The van der Waals surface area contributed by atoms with E-state index in [-0.39, 0.29) is 28.4 Å². The number of likely N-dealkylation sites (tertiary alicyclic amines) is 3. The lowest BCUT2D eigenvalue weighted by Crippen LogP contribution is -2.47. The van der Waals surface area contributed by atoms with E-state index in [1.165, 1.54) is 11.3 Å². The lowest BCUT2D eigenvalue weighted by Gasteiger charge is -2.38. The maximum Gasteiger partial charge on any atom is 0.230 e. The maximum absolute atomic E-state index is 11.4. The lowest BCUT2D eigenvalue weighted by atomic mass is 10.0. The van der Waals surface area contributed by atoms with Crippen LogP contribution >= 0.6 is 0 Å². The van der Waals surface area contributed by atoms with Gasteiger partial charge in [0.2, 0.25) is 23.6 Å². The molecule has 0 saturated carbocycles. The molecule has 0 spiro atoms. The average molecular weight is 452 g/mol. The van der Waals surface area contributed by atoms with Gasteiger partial charge < -0.3 is 9.80 Å². The zero-order valence-electron chi connectivity index (χ0n) is 21.8. The van der Waals surface area contributed by atoms with Gasteiger partial charge in [-0.1, -0.05) is 0 Å². The van der Waals surface area contributed by atoms with E-state index in [4.69, 9.17) is 0 Å². The minimum atomic E-state index is -0.343. The van der Waals surface area contributed by atoms with Crippen molar-refractivity contribution in [3.8, 4) is 0 Å². The molecule has 0 aromatic heterocycles. The van der Waals surface area contributed by atoms with Gasteiger partial charge in [-0.3, -0.25) is 24.1 Å². The number of rotatable bonds is 0. The molecule has 0 bridgehead atoms. The molecule has 3 aliphatic rings. The molecule has 3 fully saturated rings. The van der Waals surface area contributed by atoms with E-state index >= 15 is 0 Å². The monoisotopic (exact) mass is 451 g/mol. The zero-order valence-corrected chi connectivity index (χ0v) is 21.8. The van der Waals surface area contributed by atoms with Crippen LogP contribution in [0, 0.1) is 0 Å². The zero-order chi connectivity index (χ0) is 24.9. The summed E-state index contributed by atoms with van der Waals surface area (Å²) in [6.07, 6.45) is 5.55. The highest BCUT2D eigenvalue weighted by Crippen LogP contribution is 2.23. The number of hydrogen-bond donors (Lipinski definition) is 0. The standard InChI is InChI=1S/C9H17NO.C8H13NO2.C8H15NO/c1-9(2,3)10-7-5-4-6-8(10)11;1-8(2,3)9-6(10)4-5-7(9)11;1-8(2,3)9-6-4-5-7(9)10/h4-7H2,1-3H3;4-5H2,1-3H3;4-6H2,1-3H3. The summed E-state index contributed by atoms with van der Waals surface area (Å²) in [7, 11) is 0. The largest absolute Gasteiger partial charge is 0.338 e. The summed E-state index contributed by atoms with van der Waals surface area (Å²) in [5, 5.41) is 0. The van der Waals surface area contributed by atoms with Crippen molar-refractivity contribution in [2.45, 2.75) is 124 Å². The summed E-state index contributed by atoms with van der Waals surface area (Å²) in [6.45, 7) is 20.0. The number of amides is 4. The quantitative estimate of drug-likeness (QED) is 0.519. The molecule has 0 radical (unpaired) electrons. The van der Waals surface area contributed by atoms with Crippen molar-refractivity contribution in [2.75, 3.05) is 13.1 Å². The van der Waals surface area contributed by atoms with Crippen LogP contribution in [0.2, 0.25) is 0 Å². The molecule has 0 unspecified atom stereocenters. The van der Waals surface area contributed by atoms with E-state index < -0.39 is 0 Å². The second-order valence-corrected chi connectivity index (χ2v) is 11.8. The van der Waals surface area contributed by atoms with E-state index in [2.05, 4.69) is 41.5 Å². The fraction of sp³-hybridized carbons (Fsp3) is 0.840. The van der Waals surface area contributed by atoms with Gasteiger partial charge in [-0.25, -0.2) is 0 Å². The Hall–Kier alpha value is -1.92. The third-order valence-corrected chi connectivity index (χ3v) is 5.74. The van der Waals surface area contributed by atoms with Crippen LogP contribution in [0.15, 0.2) is 0 Å². The third kappa shape index (κ3) is 8.21. The highest BCUT2D eigenvalue weighted by molar-refractivity contribution is 6.02. The molecule has 0 aromatic rings. The van der Waals surface area contributed by atoms with Crippen LogP contribution in [0.4, 0.5) is 0 Å². The molecule has 3 heterocycles. The molecular formula is C25H45N3O4. The Balaban J connectivity index is 0.000000240. The first-order valence-electron chi connectivity index (χ1n) is 11.9. The van der Waals surface area contributed by atoms with Gasteiger partial charge in [0.15, 0.2) is 0 Å². The Morgan fingerprint density at radius 2 is 0.844 bits per heavy atom. The van der Waals surface area contributed by atoms with Crippen LogP contribution in [0.1, 0.15) is 107 Å². The summed E-state index contributed by atoms with van der Waals surface area (Å²) in [5.74, 6) is 0.557. The molecule has 3 rings (SSSR count). The SMILES string of the molecule is CC(C)(C)N1C(=O)CCC1=O.CC(C)(C)N1CCCC1=O.CC(C)(C)N1CCCCC1=O. The highest BCUT2D eigenvalue weighted by atomic mass is 16.2. The van der Waals surface area contributed by atoms with Crippen molar-refractivity contribution in [1.82, 2.24) is 14.7 Å². The Bertz CT molecular complexity index is 679. The molecule has 0 N–H and O–H groups in total. The Labute approximate surface area is 194 Å². The van der Waals surface area contributed by atoms with Gasteiger partial charge >= 0.3 is 0 Å². The van der Waals surface area contributed by atoms with Crippen molar-refractivity contribution in [3.63, 3.8) is 0 Å². The van der Waals surface area contributed by atoms with Gasteiger partial charge in [-0.15, -0.1) is 0 Å². The van der Waals surface area contributed by atoms with Gasteiger partial charge in [0.05, 0.1) is 0 Å². The smallest absolute Gasteiger partial charge is 0.230 e. The number of imide groups is 1. The molecule has 0 aromatic carbocycles. The Morgan fingerprint density at radius 1 is 0.469 bits per heavy atom. The molecule has 7 nitrogen and oxygen atoms in total. The minimum absolute atomic E-state index is 0.0253. The normalized spacial score (nSPS) is 20.2. The molecule has 4 amide bonds. The van der Waals surface area contributed by atoms with Crippen LogP contribution in [-0.4, -0.2) is 68.0 Å². The molecule has 3 aliphatic heterocycles. The fourth-order valence-corrected chi connectivity index (χ4v) is 4.20. The van der Waals surface area contributed by atoms with Gasteiger partial charge in [-0.05, 0) is 81.6 Å². The number of hydrogen-bond acceptors (Lipinski definition) is 4. The van der Waals surface area contributed by atoms with E-state index in [1.807, 2.05) is 30.6 Å². The van der Waals surface area contributed by atoms with Gasteiger partial charge in [0.25, 0.3) is 0 Å². The van der Waals surface area contributed by atoms with Crippen molar-refractivity contribution >= 4 is 23.6 Å². The van der Waals surface area contributed by atoms with Crippen LogP contribution in [0.25, 0.3) is 0 Å². The molecule has 3 saturated heterocycles. The first-order valence-corrected chi connectivity index (χ1v) is 11.9. The Kier molecular flexibility index (Phi) is 9.49. The molecule has 0 aliphatic carbocycles. The van der Waals surface area contributed by atoms with Crippen molar-refractivity contribution < 1.29 is 19.2 Å². The minimum Gasteiger partial charge on any atom is -0.338 e. The summed E-state index contributed by atoms with van der Waals surface area (Å²) in [4.78, 5) is 50.1. The Morgan fingerprint density at radius 3 is 1.09 bits per heavy atom. The molecule has 7 heteroatoms. The molecule has 0 atom stereocenters. The highest BCUT2D eigenvalue weighted by Gasteiger charge is 2.36. The van der Waals surface area contributed by atoms with Crippen LogP contribution in [0.5, 0.6) is 0 Å². The van der Waals surface area contributed by atoms with Crippen LogP contribution in [0.3, 0.4) is 0 Å². The van der Waals surface area contributed by atoms with E-state index in [0.717, 1.165) is 38.8 Å². The molecular weight excluding hydrogens is 406 g/mol. The summed E-state index contributed by atoms with van der Waals surface area (Å²) in [6, 6.07) is 0. The maximum atomic E-state index is 11.4.